The third kappa shape index (κ3) is 3.73. The van der Waals surface area contributed by atoms with Crippen LogP contribution in [-0.4, -0.2) is 23.7 Å². The molecule has 0 aromatic rings. The van der Waals surface area contributed by atoms with E-state index < -0.39 is 6.10 Å². The highest BCUT2D eigenvalue weighted by Gasteiger charge is 2.04. The van der Waals surface area contributed by atoms with Crippen LogP contribution < -0.4 is 5.32 Å². The Labute approximate surface area is 54.4 Å². The van der Waals surface area contributed by atoms with E-state index in [1.165, 1.54) is 6.92 Å². The normalized spacial score (nSPS) is 12.2. The second kappa shape index (κ2) is 4.09. The molecule has 52 valence electrons. The minimum atomic E-state index is -0.926. The Morgan fingerprint density at radius 1 is 2.00 bits per heavy atom. The first-order valence-corrected chi connectivity index (χ1v) is 2.75. The van der Waals surface area contributed by atoms with E-state index in [0.717, 1.165) is 0 Å². The Bertz CT molecular complexity index is 110. The van der Waals surface area contributed by atoms with Crippen LogP contribution in [0.3, 0.4) is 0 Å². The number of carbonyl (C=O) groups is 1. The van der Waals surface area contributed by atoms with Gasteiger partial charge in [0.1, 0.15) is 6.10 Å². The largest absolute Gasteiger partial charge is 0.384 e. The molecule has 0 saturated heterocycles. The van der Waals surface area contributed by atoms with Crippen LogP contribution in [0.25, 0.3) is 0 Å². The van der Waals surface area contributed by atoms with Crippen LogP contribution in [0.4, 0.5) is 0 Å². The van der Waals surface area contributed by atoms with Crippen LogP contribution in [0.15, 0.2) is 12.7 Å². The molecule has 0 aromatic heterocycles. The zero-order valence-electron chi connectivity index (χ0n) is 5.42. The Hall–Kier alpha value is -0.830. The van der Waals surface area contributed by atoms with Crippen LogP contribution in [0.5, 0.6) is 0 Å². The number of hydrogen-bond acceptors (Lipinski definition) is 2. The molecule has 0 fully saturated rings. The molecule has 0 saturated carbocycles. The quantitative estimate of drug-likeness (QED) is 0.512. The Balaban J connectivity index is 3.38. The summed E-state index contributed by atoms with van der Waals surface area (Å²) in [5, 5.41) is 11.0. The van der Waals surface area contributed by atoms with Gasteiger partial charge >= 0.3 is 0 Å². The van der Waals surface area contributed by atoms with Gasteiger partial charge in [0.25, 0.3) is 0 Å². The first-order valence-electron chi connectivity index (χ1n) is 2.75. The minimum absolute atomic E-state index is 0.366. The molecule has 2 N–H and O–H groups in total. The summed E-state index contributed by atoms with van der Waals surface area (Å²) in [7, 11) is 0. The number of carbonyl (C=O) groups excluding carboxylic acids is 1. The van der Waals surface area contributed by atoms with E-state index in [0.29, 0.717) is 6.54 Å². The van der Waals surface area contributed by atoms with Gasteiger partial charge < -0.3 is 10.4 Å². The fourth-order valence-electron chi connectivity index (χ4n) is 0.320. The van der Waals surface area contributed by atoms with Gasteiger partial charge in [-0.15, -0.1) is 6.58 Å². The van der Waals surface area contributed by atoms with Gasteiger partial charge in [0, 0.05) is 6.54 Å². The van der Waals surface area contributed by atoms with Crippen LogP contribution in [0.1, 0.15) is 6.92 Å². The molecule has 0 rings (SSSR count). The fraction of sp³-hybridized carbons (Fsp3) is 0.500. The minimum Gasteiger partial charge on any atom is -0.384 e. The molecule has 0 aliphatic heterocycles. The van der Waals surface area contributed by atoms with Crippen molar-refractivity contribution in [3.05, 3.63) is 12.7 Å². The van der Waals surface area contributed by atoms with Crippen molar-refractivity contribution in [2.45, 2.75) is 13.0 Å². The lowest BCUT2D eigenvalue weighted by Gasteiger charge is -2.02. The Morgan fingerprint density at radius 2 is 2.56 bits per heavy atom. The van der Waals surface area contributed by atoms with Gasteiger partial charge in [0.2, 0.25) is 5.91 Å². The van der Waals surface area contributed by atoms with Crippen molar-refractivity contribution in [1.82, 2.24) is 5.32 Å². The van der Waals surface area contributed by atoms with Gasteiger partial charge in [-0.3, -0.25) is 4.79 Å². The maximum Gasteiger partial charge on any atom is 0.248 e. The highest BCUT2D eigenvalue weighted by Crippen LogP contribution is 1.76. The molecule has 1 atom stereocenters. The molecule has 3 heteroatoms. The Kier molecular flexibility index (Phi) is 3.71. The number of nitrogens with one attached hydrogen (secondary N) is 1. The van der Waals surface area contributed by atoms with Crippen molar-refractivity contribution in [3.63, 3.8) is 0 Å². The summed E-state index contributed by atoms with van der Waals surface area (Å²) in [6.07, 6.45) is 0.630. The van der Waals surface area contributed by atoms with Crippen LogP contribution in [0.2, 0.25) is 0 Å². The first-order chi connectivity index (χ1) is 4.18. The zero-order valence-corrected chi connectivity index (χ0v) is 5.42. The van der Waals surface area contributed by atoms with Gasteiger partial charge in [-0.25, -0.2) is 0 Å². The standard InChI is InChI=1S/C6H11NO2/c1-3-4-7-6(9)5(2)8/h3,5,8H,1,4H2,2H3,(H,7,9)/t5-/m0/s1. The average molecular weight is 129 g/mol. The number of aliphatic hydroxyl groups is 1. The van der Waals surface area contributed by atoms with E-state index in [2.05, 4.69) is 11.9 Å². The average Bonchev–Trinajstić information content (AvgIpc) is 1.82. The highest BCUT2D eigenvalue weighted by molar-refractivity contribution is 5.80. The van der Waals surface area contributed by atoms with Crippen molar-refractivity contribution >= 4 is 5.91 Å². The van der Waals surface area contributed by atoms with Crippen LogP contribution in [0, 0.1) is 0 Å². The van der Waals surface area contributed by atoms with E-state index in [1.54, 1.807) is 6.08 Å². The predicted octanol–water partition coefficient (Wildman–Crippen LogP) is -0.331. The maximum absolute atomic E-state index is 10.5. The maximum atomic E-state index is 10.5. The predicted molar refractivity (Wildman–Crippen MR) is 34.9 cm³/mol. The lowest BCUT2D eigenvalue weighted by atomic mass is 10.4. The topological polar surface area (TPSA) is 49.3 Å². The molecule has 0 spiro atoms. The number of rotatable bonds is 3. The third-order valence-electron chi connectivity index (χ3n) is 0.800. The molecule has 0 aliphatic carbocycles. The molecule has 0 aromatic carbocycles. The van der Waals surface area contributed by atoms with Crippen molar-refractivity contribution in [2.24, 2.45) is 0 Å². The van der Waals surface area contributed by atoms with E-state index >= 15 is 0 Å². The smallest absolute Gasteiger partial charge is 0.248 e. The van der Waals surface area contributed by atoms with Crippen LogP contribution >= 0.6 is 0 Å². The number of hydrogen-bond donors (Lipinski definition) is 2. The molecule has 9 heavy (non-hydrogen) atoms. The SMILES string of the molecule is C=CCNC(=O)[C@H](C)O. The number of aliphatic hydroxyl groups excluding tert-OH is 1. The summed E-state index contributed by atoms with van der Waals surface area (Å²) in [6, 6.07) is 0. The molecule has 0 unspecified atom stereocenters. The fourth-order valence-corrected chi connectivity index (χ4v) is 0.320. The molecule has 0 heterocycles. The highest BCUT2D eigenvalue weighted by atomic mass is 16.3. The van der Waals surface area contributed by atoms with Gasteiger partial charge in [-0.2, -0.15) is 0 Å². The van der Waals surface area contributed by atoms with Crippen molar-refractivity contribution < 1.29 is 9.90 Å². The summed E-state index contributed by atoms with van der Waals surface area (Å²) < 4.78 is 0. The van der Waals surface area contributed by atoms with E-state index in [4.69, 9.17) is 5.11 Å². The van der Waals surface area contributed by atoms with Gasteiger partial charge in [0.05, 0.1) is 0 Å². The molecule has 1 amide bonds. The van der Waals surface area contributed by atoms with Crippen molar-refractivity contribution in [2.75, 3.05) is 6.54 Å². The van der Waals surface area contributed by atoms with E-state index in [-0.39, 0.29) is 5.91 Å². The van der Waals surface area contributed by atoms with Gasteiger partial charge in [-0.05, 0) is 6.92 Å². The van der Waals surface area contributed by atoms with E-state index in [9.17, 15) is 4.79 Å². The first kappa shape index (κ1) is 8.17. The zero-order chi connectivity index (χ0) is 7.28. The molecule has 0 radical (unpaired) electrons. The second-order valence-electron chi connectivity index (χ2n) is 1.71. The summed E-state index contributed by atoms with van der Waals surface area (Å²) >= 11 is 0. The molecule has 0 aliphatic rings. The summed E-state index contributed by atoms with van der Waals surface area (Å²) in [5.74, 6) is -0.366. The molecule has 0 bridgehead atoms. The monoisotopic (exact) mass is 129 g/mol. The third-order valence-corrected chi connectivity index (χ3v) is 0.800. The van der Waals surface area contributed by atoms with Crippen molar-refractivity contribution in [1.29, 1.82) is 0 Å². The number of amides is 1. The van der Waals surface area contributed by atoms with Gasteiger partial charge in [0.15, 0.2) is 0 Å². The lowest BCUT2D eigenvalue weighted by Crippen LogP contribution is -2.32. The molecular formula is C6H11NO2. The molecule has 3 nitrogen and oxygen atoms in total. The summed E-state index contributed by atoms with van der Waals surface area (Å²) in [4.78, 5) is 10.5. The van der Waals surface area contributed by atoms with Gasteiger partial charge in [-0.1, -0.05) is 6.08 Å². The second-order valence-corrected chi connectivity index (χ2v) is 1.71. The molecular weight excluding hydrogens is 118 g/mol. The van der Waals surface area contributed by atoms with E-state index in [1.807, 2.05) is 0 Å². The van der Waals surface area contributed by atoms with Crippen LogP contribution in [-0.2, 0) is 4.79 Å². The Morgan fingerprint density at radius 3 is 2.89 bits per heavy atom. The lowest BCUT2D eigenvalue weighted by molar-refractivity contribution is -0.128. The summed E-state index contributed by atoms with van der Waals surface area (Å²) in [5.41, 5.74) is 0. The van der Waals surface area contributed by atoms with Crippen molar-refractivity contribution in [3.8, 4) is 0 Å². The summed E-state index contributed by atoms with van der Waals surface area (Å²) in [6.45, 7) is 5.22.